The van der Waals surface area contributed by atoms with Gasteiger partial charge in [0, 0.05) is 12.1 Å². The number of non-ortho nitro benzene ring substituents is 1. The molecule has 194 valence electrons. The Morgan fingerprint density at radius 1 is 1.24 bits per heavy atom. The van der Waals surface area contributed by atoms with Gasteiger partial charge in [0.2, 0.25) is 5.95 Å². The molecule has 1 aliphatic rings. The van der Waals surface area contributed by atoms with Gasteiger partial charge in [-0.3, -0.25) is 20.0 Å². The molecule has 4 N–H and O–H groups in total. The number of aliphatic hydroxyl groups excluding tert-OH is 3. The minimum atomic E-state index is -1.39. The first kappa shape index (κ1) is 25.9. The van der Waals surface area contributed by atoms with Crippen LogP contribution in [0, 0.1) is 21.4 Å². The van der Waals surface area contributed by atoms with Crippen LogP contribution in [0.1, 0.15) is 23.9 Å². The van der Waals surface area contributed by atoms with E-state index in [0.717, 1.165) is 5.56 Å². The van der Waals surface area contributed by atoms with E-state index in [-0.39, 0.29) is 30.3 Å². The van der Waals surface area contributed by atoms with Crippen molar-refractivity contribution in [2.45, 2.75) is 43.8 Å². The van der Waals surface area contributed by atoms with Gasteiger partial charge in [-0.2, -0.15) is 10.2 Å². The molecule has 0 spiro atoms. The third-order valence-electron chi connectivity index (χ3n) is 5.74. The number of hydrogen-bond acceptors (Lipinski definition) is 12. The van der Waals surface area contributed by atoms with Crippen LogP contribution in [0.2, 0.25) is 0 Å². The van der Waals surface area contributed by atoms with Crippen LogP contribution in [-0.4, -0.2) is 77.4 Å². The van der Waals surface area contributed by atoms with Crippen molar-refractivity contribution in [3.8, 4) is 6.07 Å². The summed E-state index contributed by atoms with van der Waals surface area (Å²) in [4.78, 5) is 35.6. The van der Waals surface area contributed by atoms with Gasteiger partial charge >= 0.3 is 6.09 Å². The third-order valence-corrected chi connectivity index (χ3v) is 5.74. The Kier molecular flexibility index (Phi) is 7.84. The molecule has 1 amide bonds. The Balaban J connectivity index is 1.65. The van der Waals surface area contributed by atoms with Gasteiger partial charge in [0.1, 0.15) is 30.4 Å². The lowest BCUT2D eigenvalue weighted by atomic mass is 10.1. The molecule has 15 heteroatoms. The number of fused-ring (bicyclic) bond motifs is 1. The van der Waals surface area contributed by atoms with Crippen molar-refractivity contribution in [1.82, 2.24) is 19.5 Å². The van der Waals surface area contributed by atoms with Gasteiger partial charge in [-0.15, -0.1) is 0 Å². The number of nitrogens with one attached hydrogen (secondary N) is 1. The number of carbonyl (C=O) groups is 1. The maximum Gasteiger partial charge on any atom is 0.414 e. The zero-order valence-corrected chi connectivity index (χ0v) is 19.3. The average molecular weight is 513 g/mol. The van der Waals surface area contributed by atoms with Gasteiger partial charge in [0.15, 0.2) is 11.9 Å². The van der Waals surface area contributed by atoms with Crippen molar-refractivity contribution in [2.75, 3.05) is 18.5 Å². The van der Waals surface area contributed by atoms with Crippen LogP contribution in [0.25, 0.3) is 11.2 Å². The maximum absolute atomic E-state index is 12.1. The maximum atomic E-state index is 12.1. The lowest BCUT2D eigenvalue weighted by Gasteiger charge is -2.17. The summed E-state index contributed by atoms with van der Waals surface area (Å²) in [7, 11) is 0. The van der Waals surface area contributed by atoms with Gasteiger partial charge in [-0.05, 0) is 18.4 Å². The molecule has 1 aliphatic heterocycles. The molecule has 0 radical (unpaired) electrons. The van der Waals surface area contributed by atoms with Gasteiger partial charge in [-0.1, -0.05) is 12.1 Å². The minimum Gasteiger partial charge on any atom is -0.448 e. The highest BCUT2D eigenvalue weighted by Crippen LogP contribution is 2.32. The van der Waals surface area contributed by atoms with Crippen LogP contribution in [-0.2, 0) is 22.3 Å². The fraction of sp³-hybridized carbons (Fsp3) is 0.409. The van der Waals surface area contributed by atoms with Crippen LogP contribution >= 0.6 is 0 Å². The van der Waals surface area contributed by atoms with Crippen molar-refractivity contribution in [3.05, 3.63) is 52.0 Å². The number of carbonyl (C=O) groups excluding carboxylic acids is 1. The zero-order chi connectivity index (χ0) is 26.5. The SMILES string of the molecule is N#CCCOC(=O)Nc1nc(CCc2ccc([N+](=O)[O-])cc2)c2ncn([C@@H]3O[C@H](CO)[C@@H](O)[C@H]3O)c2n1. The summed E-state index contributed by atoms with van der Waals surface area (Å²) in [6.45, 7) is -0.643. The van der Waals surface area contributed by atoms with Crippen LogP contribution in [0.15, 0.2) is 30.6 Å². The summed E-state index contributed by atoms with van der Waals surface area (Å²) in [5.74, 6) is -0.137. The number of nitro groups is 1. The molecule has 3 heterocycles. The Morgan fingerprint density at radius 2 is 2.00 bits per heavy atom. The molecule has 0 aliphatic carbocycles. The highest BCUT2D eigenvalue weighted by molar-refractivity contribution is 5.84. The first-order valence-corrected chi connectivity index (χ1v) is 11.2. The highest BCUT2D eigenvalue weighted by atomic mass is 16.6. The number of amides is 1. The number of benzene rings is 1. The van der Waals surface area contributed by atoms with E-state index in [0.29, 0.717) is 24.1 Å². The number of hydrogen-bond donors (Lipinski definition) is 4. The molecule has 3 aromatic rings. The Labute approximate surface area is 209 Å². The predicted molar refractivity (Wildman–Crippen MR) is 124 cm³/mol. The monoisotopic (exact) mass is 513 g/mol. The fourth-order valence-corrected chi connectivity index (χ4v) is 3.87. The van der Waals surface area contributed by atoms with E-state index in [1.807, 2.05) is 6.07 Å². The second-order valence-corrected chi connectivity index (χ2v) is 8.14. The molecule has 15 nitrogen and oxygen atoms in total. The molecular weight excluding hydrogens is 490 g/mol. The number of aryl methyl sites for hydroxylation is 2. The summed E-state index contributed by atoms with van der Waals surface area (Å²) in [5.41, 5.74) is 1.69. The van der Waals surface area contributed by atoms with Crippen LogP contribution in [0.5, 0.6) is 0 Å². The topological polar surface area (TPSA) is 219 Å². The molecule has 0 saturated carbocycles. The van der Waals surface area contributed by atoms with E-state index in [2.05, 4.69) is 20.3 Å². The molecule has 37 heavy (non-hydrogen) atoms. The molecular formula is C22H23N7O8. The second-order valence-electron chi connectivity index (χ2n) is 8.14. The van der Waals surface area contributed by atoms with Gasteiger partial charge in [-0.25, -0.2) is 14.8 Å². The van der Waals surface area contributed by atoms with Gasteiger partial charge < -0.3 is 24.8 Å². The van der Waals surface area contributed by atoms with Crippen molar-refractivity contribution in [1.29, 1.82) is 5.26 Å². The summed E-state index contributed by atoms with van der Waals surface area (Å²) >= 11 is 0. The number of aliphatic hydroxyl groups is 3. The van der Waals surface area contributed by atoms with Crippen molar-refractivity contribution in [3.63, 3.8) is 0 Å². The molecule has 0 bridgehead atoms. The summed E-state index contributed by atoms with van der Waals surface area (Å²) in [5, 5.41) is 51.9. The molecule has 4 atom stereocenters. The van der Waals surface area contributed by atoms with Crippen LogP contribution in [0.4, 0.5) is 16.4 Å². The molecule has 0 unspecified atom stereocenters. The molecule has 1 aromatic carbocycles. The van der Waals surface area contributed by atoms with E-state index in [9.17, 15) is 30.2 Å². The minimum absolute atomic E-state index is 0.00578. The number of anilines is 1. The van der Waals surface area contributed by atoms with Crippen molar-refractivity contribution >= 4 is 28.9 Å². The van der Waals surface area contributed by atoms with Crippen LogP contribution in [0.3, 0.4) is 0 Å². The third kappa shape index (κ3) is 5.62. The first-order valence-electron chi connectivity index (χ1n) is 11.2. The van der Waals surface area contributed by atoms with Crippen molar-refractivity contribution < 1.29 is 34.5 Å². The fourth-order valence-electron chi connectivity index (χ4n) is 3.87. The van der Waals surface area contributed by atoms with Crippen molar-refractivity contribution in [2.24, 2.45) is 0 Å². The Hall–Kier alpha value is -4.23. The van der Waals surface area contributed by atoms with Gasteiger partial charge in [0.05, 0.1) is 36.0 Å². The number of nitrogens with zero attached hydrogens (tertiary/aromatic N) is 6. The summed E-state index contributed by atoms with van der Waals surface area (Å²) in [6, 6.07) is 7.89. The van der Waals surface area contributed by atoms with E-state index in [1.54, 1.807) is 12.1 Å². The summed E-state index contributed by atoms with van der Waals surface area (Å²) < 4.78 is 11.9. The molecule has 1 saturated heterocycles. The Morgan fingerprint density at radius 3 is 2.65 bits per heavy atom. The number of nitro benzene ring substituents is 1. The van der Waals surface area contributed by atoms with E-state index < -0.39 is 42.2 Å². The predicted octanol–water partition coefficient (Wildman–Crippen LogP) is 0.593. The lowest BCUT2D eigenvalue weighted by Crippen LogP contribution is -2.33. The molecule has 4 rings (SSSR count). The standard InChI is InChI=1S/C22H23N7O8/c23-8-1-9-36-22(33)27-21-25-14(7-4-12-2-5-13(6-3-12)29(34)35)16-19(26-21)28(11-24-16)20-18(32)17(31)15(10-30)37-20/h2-3,5-6,11,15,17-18,20,30-32H,1,4,7,9-10H2,(H,25,26,27,33)/t15-,17-,18-,20-/m1/s1. The second kappa shape index (κ2) is 11.2. The van der Waals surface area contributed by atoms with E-state index in [1.165, 1.54) is 23.0 Å². The molecule has 1 fully saturated rings. The molecule has 2 aromatic heterocycles. The zero-order valence-electron chi connectivity index (χ0n) is 19.3. The Bertz CT molecular complexity index is 1320. The number of imidazole rings is 1. The number of aromatic nitrogens is 4. The first-order chi connectivity index (χ1) is 17.8. The van der Waals surface area contributed by atoms with E-state index in [4.69, 9.17) is 14.7 Å². The van der Waals surface area contributed by atoms with E-state index >= 15 is 0 Å². The average Bonchev–Trinajstić information content (AvgIpc) is 3.43. The quantitative estimate of drug-likeness (QED) is 0.175. The summed E-state index contributed by atoms with van der Waals surface area (Å²) in [6.07, 6.45) is -3.67. The van der Waals surface area contributed by atoms with Gasteiger partial charge in [0.25, 0.3) is 5.69 Å². The number of nitriles is 1. The normalized spacial score (nSPS) is 21.0. The number of rotatable bonds is 9. The van der Waals surface area contributed by atoms with Crippen LogP contribution < -0.4 is 5.32 Å². The lowest BCUT2D eigenvalue weighted by molar-refractivity contribution is -0.384. The smallest absolute Gasteiger partial charge is 0.414 e. The number of ether oxygens (including phenoxy) is 2. The highest BCUT2D eigenvalue weighted by Gasteiger charge is 2.44. The largest absolute Gasteiger partial charge is 0.448 e.